The Morgan fingerprint density at radius 2 is 2.11 bits per heavy atom. The minimum absolute atomic E-state index is 0.0931. The molecular weight excluding hydrogens is 236 g/mol. The van der Waals surface area contributed by atoms with Crippen LogP contribution < -0.4 is 4.90 Å². The van der Waals surface area contributed by atoms with E-state index in [2.05, 4.69) is 35.5 Å². The van der Waals surface area contributed by atoms with Crippen molar-refractivity contribution >= 4 is 11.6 Å². The molecule has 0 aliphatic rings. The van der Waals surface area contributed by atoms with E-state index in [1.165, 1.54) is 5.56 Å². The highest BCUT2D eigenvalue weighted by atomic mass is 16.1. The third-order valence-electron chi connectivity index (χ3n) is 3.12. The molecule has 0 aliphatic carbocycles. The van der Waals surface area contributed by atoms with Crippen molar-refractivity contribution in [3.8, 4) is 0 Å². The van der Waals surface area contributed by atoms with E-state index in [0.717, 1.165) is 38.2 Å². The van der Waals surface area contributed by atoms with E-state index in [0.29, 0.717) is 5.57 Å². The summed E-state index contributed by atoms with van der Waals surface area (Å²) in [5, 5.41) is 0. The normalized spacial score (nSPS) is 10.3. The van der Waals surface area contributed by atoms with Gasteiger partial charge in [0.05, 0.1) is 0 Å². The van der Waals surface area contributed by atoms with Crippen molar-refractivity contribution in [1.82, 2.24) is 4.98 Å². The second-order valence-corrected chi connectivity index (χ2v) is 4.94. The predicted molar refractivity (Wildman–Crippen MR) is 80.5 cm³/mol. The number of ketones is 1. The van der Waals surface area contributed by atoms with Gasteiger partial charge in [0.25, 0.3) is 0 Å². The monoisotopic (exact) mass is 260 g/mol. The molecule has 1 heterocycles. The van der Waals surface area contributed by atoms with Crippen molar-refractivity contribution in [3.05, 3.63) is 36.0 Å². The summed E-state index contributed by atoms with van der Waals surface area (Å²) < 4.78 is 0. The number of hydrogen-bond donors (Lipinski definition) is 0. The minimum atomic E-state index is 0.0931. The summed E-state index contributed by atoms with van der Waals surface area (Å²) in [6.45, 7) is 11.5. The first kappa shape index (κ1) is 15.4. The zero-order valence-electron chi connectivity index (χ0n) is 12.3. The summed E-state index contributed by atoms with van der Waals surface area (Å²) in [5.41, 5.74) is 1.89. The van der Waals surface area contributed by atoms with Gasteiger partial charge in [-0.1, -0.05) is 19.6 Å². The highest BCUT2D eigenvalue weighted by Gasteiger charge is 2.07. The van der Waals surface area contributed by atoms with E-state index < -0.39 is 0 Å². The van der Waals surface area contributed by atoms with Gasteiger partial charge in [-0.2, -0.15) is 0 Å². The molecule has 0 unspecified atom stereocenters. The van der Waals surface area contributed by atoms with E-state index in [1.54, 1.807) is 6.92 Å². The molecule has 0 aliphatic heterocycles. The molecule has 3 nitrogen and oxygen atoms in total. The maximum Gasteiger partial charge on any atom is 0.155 e. The van der Waals surface area contributed by atoms with Crippen LogP contribution in [0.25, 0.3) is 0 Å². The second kappa shape index (κ2) is 7.72. The number of Topliss-reactive ketones (excluding diaryl/α,β-unsaturated/α-hetero) is 1. The number of carbonyl (C=O) groups is 1. The topological polar surface area (TPSA) is 33.2 Å². The third-order valence-corrected chi connectivity index (χ3v) is 3.12. The Kier molecular flexibility index (Phi) is 6.26. The fourth-order valence-corrected chi connectivity index (χ4v) is 1.92. The summed E-state index contributed by atoms with van der Waals surface area (Å²) in [6.07, 6.45) is 4.69. The summed E-state index contributed by atoms with van der Waals surface area (Å²) in [5.74, 6) is 1.11. The Bertz CT molecular complexity index is 423. The summed E-state index contributed by atoms with van der Waals surface area (Å²) in [4.78, 5) is 17.9. The molecule has 0 N–H and O–H groups in total. The Labute approximate surface area is 116 Å². The molecule has 0 radical (unpaired) electrons. The van der Waals surface area contributed by atoms with Crippen LogP contribution in [0.4, 0.5) is 5.82 Å². The van der Waals surface area contributed by atoms with Crippen LogP contribution in [0.5, 0.6) is 0 Å². The first-order valence-electron chi connectivity index (χ1n) is 6.91. The third kappa shape index (κ3) is 5.25. The summed E-state index contributed by atoms with van der Waals surface area (Å²) in [7, 11) is 0. The Balaban J connectivity index is 2.55. The molecule has 1 rings (SSSR count). The van der Waals surface area contributed by atoms with Crippen LogP contribution in [-0.4, -0.2) is 23.9 Å². The number of aryl methyl sites for hydroxylation is 1. The predicted octanol–water partition coefficient (Wildman–Crippen LogP) is 3.53. The average molecular weight is 260 g/mol. The molecule has 0 fully saturated rings. The van der Waals surface area contributed by atoms with E-state index in [-0.39, 0.29) is 5.78 Å². The minimum Gasteiger partial charge on any atom is -0.357 e. The van der Waals surface area contributed by atoms with Gasteiger partial charge in [0.1, 0.15) is 5.82 Å². The maximum absolute atomic E-state index is 11.1. The molecule has 104 valence electrons. The molecule has 1 aromatic rings. The van der Waals surface area contributed by atoms with Crippen molar-refractivity contribution in [2.45, 2.75) is 40.0 Å². The highest BCUT2D eigenvalue weighted by molar-refractivity contribution is 5.92. The molecule has 0 spiro atoms. The lowest BCUT2D eigenvalue weighted by atomic mass is 10.1. The fourth-order valence-electron chi connectivity index (χ4n) is 1.92. The van der Waals surface area contributed by atoms with E-state index in [4.69, 9.17) is 0 Å². The lowest BCUT2D eigenvalue weighted by molar-refractivity contribution is -0.113. The van der Waals surface area contributed by atoms with Gasteiger partial charge in [0, 0.05) is 19.3 Å². The molecule has 0 aromatic carbocycles. The largest absolute Gasteiger partial charge is 0.357 e. The van der Waals surface area contributed by atoms with Gasteiger partial charge in [-0.3, -0.25) is 4.79 Å². The molecule has 0 saturated heterocycles. The number of allylic oxidation sites excluding steroid dienone is 1. The maximum atomic E-state index is 11.1. The van der Waals surface area contributed by atoms with Gasteiger partial charge >= 0.3 is 0 Å². The molecule has 3 heteroatoms. The molecule has 1 aromatic heterocycles. The van der Waals surface area contributed by atoms with Crippen molar-refractivity contribution in [3.63, 3.8) is 0 Å². The molecule has 0 atom stereocenters. The SMILES string of the molecule is C=C(CCCN(CCC)c1ccc(C)cn1)C(C)=O. The van der Waals surface area contributed by atoms with Gasteiger partial charge in [-0.25, -0.2) is 4.98 Å². The van der Waals surface area contributed by atoms with Crippen LogP contribution in [0.2, 0.25) is 0 Å². The molecule has 0 bridgehead atoms. The van der Waals surface area contributed by atoms with E-state index in [1.807, 2.05) is 13.1 Å². The van der Waals surface area contributed by atoms with Crippen LogP contribution in [0.3, 0.4) is 0 Å². The van der Waals surface area contributed by atoms with E-state index >= 15 is 0 Å². The first-order chi connectivity index (χ1) is 9.04. The van der Waals surface area contributed by atoms with Gasteiger partial charge in [0.2, 0.25) is 0 Å². The molecular formula is C16H24N2O. The smallest absolute Gasteiger partial charge is 0.155 e. The van der Waals surface area contributed by atoms with E-state index in [9.17, 15) is 4.79 Å². The van der Waals surface area contributed by atoms with Crippen LogP contribution in [0, 0.1) is 6.92 Å². The average Bonchev–Trinajstić information content (AvgIpc) is 2.38. The lowest BCUT2D eigenvalue weighted by Gasteiger charge is -2.23. The summed E-state index contributed by atoms with van der Waals surface area (Å²) in [6, 6.07) is 4.14. The number of rotatable bonds is 8. The zero-order valence-corrected chi connectivity index (χ0v) is 12.3. The van der Waals surface area contributed by atoms with Gasteiger partial charge < -0.3 is 4.90 Å². The number of nitrogens with zero attached hydrogens (tertiary/aromatic N) is 2. The zero-order chi connectivity index (χ0) is 14.3. The van der Waals surface area contributed by atoms with Gasteiger partial charge in [0.15, 0.2) is 5.78 Å². The summed E-state index contributed by atoms with van der Waals surface area (Å²) >= 11 is 0. The highest BCUT2D eigenvalue weighted by Crippen LogP contribution is 2.14. The van der Waals surface area contributed by atoms with Gasteiger partial charge in [-0.15, -0.1) is 0 Å². The standard InChI is InChI=1S/C16H24N2O/c1-5-10-18(11-6-7-14(3)15(4)19)16-9-8-13(2)12-17-16/h8-9,12H,3,5-7,10-11H2,1-2,4H3. The molecule has 0 amide bonds. The second-order valence-electron chi connectivity index (χ2n) is 4.94. The number of aromatic nitrogens is 1. The number of anilines is 1. The van der Waals surface area contributed by atoms with Crippen molar-refractivity contribution in [1.29, 1.82) is 0 Å². The first-order valence-corrected chi connectivity index (χ1v) is 6.91. The van der Waals surface area contributed by atoms with Crippen LogP contribution in [0.1, 0.15) is 38.7 Å². The van der Waals surface area contributed by atoms with Crippen LogP contribution in [0.15, 0.2) is 30.5 Å². The van der Waals surface area contributed by atoms with Crippen LogP contribution in [-0.2, 0) is 4.79 Å². The Morgan fingerprint density at radius 1 is 1.37 bits per heavy atom. The number of hydrogen-bond acceptors (Lipinski definition) is 3. The quantitative estimate of drug-likeness (QED) is 0.670. The van der Waals surface area contributed by atoms with Crippen LogP contribution >= 0.6 is 0 Å². The molecule has 19 heavy (non-hydrogen) atoms. The Morgan fingerprint density at radius 3 is 2.63 bits per heavy atom. The van der Waals surface area contributed by atoms with Gasteiger partial charge in [-0.05, 0) is 50.3 Å². The molecule has 0 saturated carbocycles. The van der Waals surface area contributed by atoms with Crippen molar-refractivity contribution in [2.75, 3.05) is 18.0 Å². The fraction of sp³-hybridized carbons (Fsp3) is 0.500. The number of carbonyl (C=O) groups excluding carboxylic acids is 1. The van der Waals surface area contributed by atoms with Crippen molar-refractivity contribution in [2.24, 2.45) is 0 Å². The van der Waals surface area contributed by atoms with Crippen molar-refractivity contribution < 1.29 is 4.79 Å². The lowest BCUT2D eigenvalue weighted by Crippen LogP contribution is -2.26. The number of pyridine rings is 1. The Hall–Kier alpha value is -1.64.